The zero-order valence-corrected chi connectivity index (χ0v) is 21.5. The van der Waals surface area contributed by atoms with Gasteiger partial charge in [0.25, 0.3) is 20.2 Å². The maximum atomic E-state index is 12.2. The Morgan fingerprint density at radius 1 is 0.919 bits per heavy atom. The van der Waals surface area contributed by atoms with Crippen molar-refractivity contribution in [3.05, 3.63) is 89.8 Å². The molecule has 0 saturated heterocycles. The van der Waals surface area contributed by atoms with Crippen LogP contribution < -0.4 is 5.46 Å². The average Bonchev–Trinajstić information content (AvgIpc) is 3.22. The van der Waals surface area contributed by atoms with Gasteiger partial charge in [0.2, 0.25) is 0 Å². The number of hydrogen-bond acceptors (Lipinski definition) is 6. The zero-order valence-electron chi connectivity index (χ0n) is 19.9. The molecule has 0 spiro atoms. The third-order valence-corrected chi connectivity index (χ3v) is 6.92. The maximum Gasteiger partial charge on any atom is 0.295 e. The molecule has 0 unspecified atom stereocenters. The number of nitrogens with zero attached hydrogens (tertiary/aromatic N) is 3. The molecule has 2 radical (unpaired) electrons. The Balaban J connectivity index is 2.07. The van der Waals surface area contributed by atoms with Crippen LogP contribution in [-0.2, 0) is 26.7 Å². The van der Waals surface area contributed by atoms with Crippen LogP contribution >= 0.6 is 0 Å². The molecule has 9 nitrogen and oxygen atoms in total. The van der Waals surface area contributed by atoms with Crippen molar-refractivity contribution in [3.8, 4) is 5.69 Å². The molecule has 2 aromatic carbocycles. The summed E-state index contributed by atoms with van der Waals surface area (Å²) < 4.78 is 67.2. The predicted octanol–water partition coefficient (Wildman–Crippen LogP) is 3.43. The van der Waals surface area contributed by atoms with Crippen molar-refractivity contribution in [2.24, 2.45) is 0 Å². The van der Waals surface area contributed by atoms with E-state index in [-0.39, 0.29) is 22.3 Å². The van der Waals surface area contributed by atoms with E-state index in [1.54, 1.807) is 12.1 Å². The topological polar surface area (TPSA) is 139 Å². The van der Waals surface area contributed by atoms with Crippen LogP contribution in [0.3, 0.4) is 0 Å². The van der Waals surface area contributed by atoms with E-state index < -0.39 is 30.0 Å². The van der Waals surface area contributed by atoms with Crippen molar-refractivity contribution < 1.29 is 25.9 Å². The van der Waals surface area contributed by atoms with Gasteiger partial charge in [-0.05, 0) is 48.7 Å². The molecule has 0 aliphatic rings. The normalized spacial score (nSPS) is 12.7. The summed E-state index contributed by atoms with van der Waals surface area (Å²) >= 11 is 0. The van der Waals surface area contributed by atoms with E-state index in [2.05, 4.69) is 16.8 Å². The first-order valence-electron chi connectivity index (χ1n) is 11.0. The molecule has 0 fully saturated rings. The van der Waals surface area contributed by atoms with Crippen molar-refractivity contribution in [2.75, 3.05) is 0 Å². The number of hydrogen-bond donors (Lipinski definition) is 2. The second-order valence-electron chi connectivity index (χ2n) is 7.82. The number of aromatic nitrogens is 3. The molecule has 1 heterocycles. The predicted molar refractivity (Wildman–Crippen MR) is 144 cm³/mol. The summed E-state index contributed by atoms with van der Waals surface area (Å²) in [6, 6.07) is 8.03. The molecule has 190 valence electrons. The molecule has 0 atom stereocenters. The van der Waals surface area contributed by atoms with Gasteiger partial charge in [-0.25, -0.2) is 0 Å². The minimum atomic E-state index is -4.69. The first-order valence-corrected chi connectivity index (χ1v) is 13.8. The fourth-order valence-corrected chi connectivity index (χ4v) is 4.79. The van der Waals surface area contributed by atoms with Crippen LogP contribution in [0.2, 0.25) is 0 Å². The lowest BCUT2D eigenvalue weighted by molar-refractivity contribution is 0.480. The van der Waals surface area contributed by atoms with E-state index in [0.29, 0.717) is 24.2 Å². The van der Waals surface area contributed by atoms with Gasteiger partial charge in [-0.2, -0.15) is 26.7 Å². The molecule has 0 aliphatic heterocycles. The molecule has 0 bridgehead atoms. The molecule has 2 N–H and O–H groups in total. The van der Waals surface area contributed by atoms with Crippen LogP contribution in [0.1, 0.15) is 35.9 Å². The van der Waals surface area contributed by atoms with Gasteiger partial charge in [0.05, 0.1) is 11.4 Å². The van der Waals surface area contributed by atoms with Gasteiger partial charge in [0, 0.05) is 6.42 Å². The van der Waals surface area contributed by atoms with Crippen LogP contribution in [0.5, 0.6) is 0 Å². The molecular weight excluding hydrogens is 513 g/mol. The summed E-state index contributed by atoms with van der Waals surface area (Å²) in [4.78, 5) is 0.365. The molecule has 0 aliphatic carbocycles. The lowest BCUT2D eigenvalue weighted by Crippen LogP contribution is -2.09. The minimum absolute atomic E-state index is 0.0642. The first-order chi connectivity index (χ1) is 17.4. The molecule has 37 heavy (non-hydrogen) atoms. The van der Waals surface area contributed by atoms with Gasteiger partial charge < -0.3 is 0 Å². The largest absolute Gasteiger partial charge is 0.295 e. The van der Waals surface area contributed by atoms with E-state index >= 15 is 0 Å². The van der Waals surface area contributed by atoms with Gasteiger partial charge in [-0.3, -0.25) is 9.11 Å². The summed E-state index contributed by atoms with van der Waals surface area (Å²) in [6.07, 6.45) is 13.0. The Labute approximate surface area is 217 Å². The Morgan fingerprint density at radius 2 is 1.54 bits per heavy atom. The van der Waals surface area contributed by atoms with Crippen molar-refractivity contribution in [3.63, 3.8) is 0 Å². The summed E-state index contributed by atoms with van der Waals surface area (Å²) in [7, 11) is -3.67. The molecule has 0 saturated carbocycles. The van der Waals surface area contributed by atoms with Crippen LogP contribution in [0, 0.1) is 0 Å². The first kappa shape index (κ1) is 28.0. The monoisotopic (exact) mass is 537 g/mol. The Bertz CT molecular complexity index is 1620. The standard InChI is InChI=1S/C25H24BN3O6S2/c1-3-5-6-7-9-23-22(8-4-2)27-29(28-23)21-15-13-19(25(17-21)37(33,34)35)11-10-18-12-14-20(26)16-24(18)36(30,31)32/h3-5,7,9-17H,2,6,8H2,1H3,(H,30,31,32)(H,33,34,35)/b5-3-,9-7-,11-10+. The number of rotatable bonds is 10. The Kier molecular flexibility index (Phi) is 8.82. The lowest BCUT2D eigenvalue weighted by Gasteiger charge is -2.08. The van der Waals surface area contributed by atoms with E-state index in [4.69, 9.17) is 7.85 Å². The smallest absolute Gasteiger partial charge is 0.282 e. The van der Waals surface area contributed by atoms with E-state index in [1.165, 1.54) is 41.2 Å². The SMILES string of the molecule is [B]c1ccc(/C=C/c2ccc(-n3nc(/C=C\C/C=C\C)c(CC=C)n3)cc2S(=O)(=O)O)c(S(=O)(=O)O)c1. The lowest BCUT2D eigenvalue weighted by atomic mass is 9.95. The summed E-state index contributed by atoms with van der Waals surface area (Å²) in [5.74, 6) is 0. The highest BCUT2D eigenvalue weighted by molar-refractivity contribution is 7.86. The minimum Gasteiger partial charge on any atom is -0.282 e. The number of allylic oxidation sites excluding steroid dienone is 4. The highest BCUT2D eigenvalue weighted by Gasteiger charge is 2.18. The van der Waals surface area contributed by atoms with E-state index in [9.17, 15) is 25.9 Å². The van der Waals surface area contributed by atoms with Crippen molar-refractivity contribution in [2.45, 2.75) is 29.6 Å². The van der Waals surface area contributed by atoms with Crippen LogP contribution in [-0.4, -0.2) is 48.8 Å². The summed E-state index contributed by atoms with van der Waals surface area (Å²) in [5, 5.41) is 8.86. The van der Waals surface area contributed by atoms with E-state index in [0.717, 1.165) is 6.07 Å². The number of benzene rings is 2. The third kappa shape index (κ3) is 7.23. The quantitative estimate of drug-likeness (QED) is 0.174. The fraction of sp³-hybridized carbons (Fsp3) is 0.120. The second-order valence-corrected chi connectivity index (χ2v) is 10.6. The van der Waals surface area contributed by atoms with Crippen LogP contribution in [0.15, 0.2) is 77.1 Å². The van der Waals surface area contributed by atoms with E-state index in [1.807, 2.05) is 31.2 Å². The molecule has 0 amide bonds. The molecule has 3 rings (SSSR count). The van der Waals surface area contributed by atoms with Crippen molar-refractivity contribution >= 4 is 51.8 Å². The highest BCUT2D eigenvalue weighted by Crippen LogP contribution is 2.24. The Morgan fingerprint density at radius 3 is 2.14 bits per heavy atom. The highest BCUT2D eigenvalue weighted by atomic mass is 32.2. The second kappa shape index (κ2) is 11.7. The molecule has 3 aromatic rings. The zero-order chi connectivity index (χ0) is 27.2. The molecule has 12 heteroatoms. The summed E-state index contributed by atoms with van der Waals surface area (Å²) in [6.45, 7) is 5.64. The van der Waals surface area contributed by atoms with Gasteiger partial charge in [-0.15, -0.1) is 11.7 Å². The van der Waals surface area contributed by atoms with Gasteiger partial charge in [0.1, 0.15) is 23.3 Å². The van der Waals surface area contributed by atoms with Gasteiger partial charge in [-0.1, -0.05) is 60.1 Å². The van der Waals surface area contributed by atoms with Crippen LogP contribution in [0.4, 0.5) is 0 Å². The van der Waals surface area contributed by atoms with Crippen molar-refractivity contribution in [1.82, 2.24) is 15.0 Å². The molecule has 1 aromatic heterocycles. The molecular formula is C25H24BN3O6S2. The van der Waals surface area contributed by atoms with Crippen molar-refractivity contribution in [1.29, 1.82) is 0 Å². The third-order valence-electron chi connectivity index (χ3n) is 5.10. The average molecular weight is 537 g/mol. The Hall–Kier alpha value is -3.58. The van der Waals surface area contributed by atoms with Gasteiger partial charge in [0.15, 0.2) is 0 Å². The maximum absolute atomic E-state index is 12.2. The van der Waals surface area contributed by atoms with Crippen LogP contribution in [0.25, 0.3) is 23.9 Å². The van der Waals surface area contributed by atoms with Gasteiger partial charge >= 0.3 is 0 Å². The fourth-order valence-electron chi connectivity index (χ4n) is 3.37. The summed E-state index contributed by atoms with van der Waals surface area (Å²) in [5.41, 5.74) is 1.74.